The van der Waals surface area contributed by atoms with E-state index in [1.807, 2.05) is 25.9 Å². The summed E-state index contributed by atoms with van der Waals surface area (Å²) in [5.74, 6) is 0.819. The molecule has 174 valence electrons. The molecule has 0 radical (unpaired) electrons. The third-order valence-corrected chi connectivity index (χ3v) is 6.85. The highest BCUT2D eigenvalue weighted by molar-refractivity contribution is 7.96. The molecule has 2 fully saturated rings. The average molecular weight is 442 g/mol. The number of carbonyl (C=O) groups is 1. The van der Waals surface area contributed by atoms with E-state index in [9.17, 15) is 4.79 Å². The summed E-state index contributed by atoms with van der Waals surface area (Å²) in [5.41, 5.74) is 1.45. The van der Waals surface area contributed by atoms with Crippen molar-refractivity contribution >= 4 is 17.9 Å². The minimum atomic E-state index is 0.110. The molecule has 2 unspecified atom stereocenters. The molecule has 1 saturated heterocycles. The topological polar surface area (TPSA) is 77.7 Å². The predicted molar refractivity (Wildman–Crippen MR) is 126 cm³/mol. The number of rotatable bonds is 12. The summed E-state index contributed by atoms with van der Waals surface area (Å²) in [6, 6.07) is 0.399. The van der Waals surface area contributed by atoms with Crippen molar-refractivity contribution in [3.63, 3.8) is 0 Å². The molecule has 1 amide bonds. The molecule has 2 atom stereocenters. The zero-order valence-electron chi connectivity index (χ0n) is 19.3. The smallest absolute Gasteiger partial charge is 0.236 e. The van der Waals surface area contributed by atoms with Crippen LogP contribution in [0.25, 0.3) is 0 Å². The van der Waals surface area contributed by atoms with Gasteiger partial charge < -0.3 is 25.6 Å². The van der Waals surface area contributed by atoms with E-state index >= 15 is 0 Å². The third-order valence-electron chi connectivity index (χ3n) is 6.31. The van der Waals surface area contributed by atoms with Gasteiger partial charge in [0.15, 0.2) is 0 Å². The van der Waals surface area contributed by atoms with Gasteiger partial charge in [-0.2, -0.15) is 0 Å². The fourth-order valence-electron chi connectivity index (χ4n) is 4.73. The van der Waals surface area contributed by atoms with Gasteiger partial charge in [-0.15, -0.1) is 0 Å². The van der Waals surface area contributed by atoms with Crippen molar-refractivity contribution in [3.8, 4) is 0 Å². The maximum atomic E-state index is 12.8. The van der Waals surface area contributed by atoms with Crippen LogP contribution in [0.3, 0.4) is 0 Å². The van der Waals surface area contributed by atoms with Crippen molar-refractivity contribution in [2.75, 3.05) is 53.1 Å². The molecule has 1 heterocycles. The van der Waals surface area contributed by atoms with E-state index in [1.54, 1.807) is 11.9 Å². The molecule has 1 saturated carbocycles. The van der Waals surface area contributed by atoms with Gasteiger partial charge in [0.1, 0.15) is 0 Å². The van der Waals surface area contributed by atoms with Crippen LogP contribution in [0.5, 0.6) is 0 Å². The molecule has 0 aromatic rings. The van der Waals surface area contributed by atoms with Crippen LogP contribution in [0.1, 0.15) is 45.4 Å². The Kier molecular flexibility index (Phi) is 12.1. The van der Waals surface area contributed by atoms with Crippen molar-refractivity contribution in [2.45, 2.75) is 63.6 Å². The summed E-state index contributed by atoms with van der Waals surface area (Å²) in [5, 5.41) is 9.66. The Labute approximate surface area is 187 Å². The van der Waals surface area contributed by atoms with Crippen LogP contribution < -0.4 is 20.7 Å². The standard InChI is InChI=1S/C22H43N5O2S/c1-5-25-15-22(28)27-12-6-7-20(26-30-4)21(27)16-29-19-10-8-17(9-11-19)18(13-23-2)14-24-3/h13,17,19-21,23-26H,5-12,14-16H2,1-4H3/b18-13+. The van der Waals surface area contributed by atoms with E-state index < -0.39 is 0 Å². The van der Waals surface area contributed by atoms with Gasteiger partial charge in [-0.25, -0.2) is 0 Å². The Morgan fingerprint density at radius 2 is 1.93 bits per heavy atom. The molecule has 2 aliphatic rings. The molecule has 8 heteroatoms. The third kappa shape index (κ3) is 7.71. The summed E-state index contributed by atoms with van der Waals surface area (Å²) in [6.07, 6.45) is 11.2. The normalized spacial score (nSPS) is 27.9. The number of likely N-dealkylation sites (tertiary alicyclic amines) is 1. The summed E-state index contributed by atoms with van der Waals surface area (Å²) in [7, 11) is 3.97. The molecule has 4 N–H and O–H groups in total. The molecule has 0 spiro atoms. The van der Waals surface area contributed by atoms with Gasteiger partial charge >= 0.3 is 0 Å². The van der Waals surface area contributed by atoms with Crippen LogP contribution in [-0.2, 0) is 9.53 Å². The first-order valence-electron chi connectivity index (χ1n) is 11.6. The number of nitrogens with zero attached hydrogens (tertiary/aromatic N) is 1. The highest BCUT2D eigenvalue weighted by Crippen LogP contribution is 2.31. The van der Waals surface area contributed by atoms with Crippen molar-refractivity contribution in [1.82, 2.24) is 25.6 Å². The second kappa shape index (κ2) is 14.3. The molecule has 30 heavy (non-hydrogen) atoms. The maximum Gasteiger partial charge on any atom is 0.236 e. The Hall–Kier alpha value is -0.800. The monoisotopic (exact) mass is 441 g/mol. The van der Waals surface area contributed by atoms with E-state index in [0.29, 0.717) is 25.2 Å². The van der Waals surface area contributed by atoms with Crippen LogP contribution in [-0.4, -0.2) is 82.1 Å². The van der Waals surface area contributed by atoms with Crippen LogP contribution in [0.15, 0.2) is 11.8 Å². The Bertz CT molecular complexity index is 524. The van der Waals surface area contributed by atoms with E-state index in [0.717, 1.165) is 45.3 Å². The zero-order valence-corrected chi connectivity index (χ0v) is 20.2. The lowest BCUT2D eigenvalue weighted by molar-refractivity contribution is -0.137. The minimum absolute atomic E-state index is 0.110. The largest absolute Gasteiger partial charge is 0.394 e. The molecule has 0 aromatic carbocycles. The lowest BCUT2D eigenvalue weighted by Gasteiger charge is -2.42. The fourth-order valence-corrected chi connectivity index (χ4v) is 5.31. The van der Waals surface area contributed by atoms with Crippen LogP contribution in [0.4, 0.5) is 0 Å². The number of ether oxygens (including phenoxy) is 1. The van der Waals surface area contributed by atoms with Crippen molar-refractivity contribution in [1.29, 1.82) is 0 Å². The predicted octanol–water partition coefficient (Wildman–Crippen LogP) is 1.72. The van der Waals surface area contributed by atoms with E-state index in [1.165, 1.54) is 18.4 Å². The van der Waals surface area contributed by atoms with Gasteiger partial charge in [0.2, 0.25) is 5.91 Å². The van der Waals surface area contributed by atoms with E-state index in [4.69, 9.17) is 4.74 Å². The Balaban J connectivity index is 1.90. The summed E-state index contributed by atoms with van der Waals surface area (Å²) < 4.78 is 9.93. The van der Waals surface area contributed by atoms with Crippen LogP contribution >= 0.6 is 11.9 Å². The molecule has 1 aliphatic carbocycles. The fraction of sp³-hybridized carbons (Fsp3) is 0.864. The minimum Gasteiger partial charge on any atom is -0.394 e. The second-order valence-electron chi connectivity index (χ2n) is 8.35. The van der Waals surface area contributed by atoms with E-state index in [-0.39, 0.29) is 18.0 Å². The number of piperidine rings is 1. The van der Waals surface area contributed by atoms with Crippen molar-refractivity contribution < 1.29 is 9.53 Å². The molecule has 1 aliphatic heterocycles. The van der Waals surface area contributed by atoms with Gasteiger partial charge in [0.05, 0.1) is 25.3 Å². The lowest BCUT2D eigenvalue weighted by Crippen LogP contribution is -2.58. The number of hydrogen-bond acceptors (Lipinski definition) is 7. The molecule has 2 rings (SSSR count). The summed E-state index contributed by atoms with van der Waals surface area (Å²) >= 11 is 1.64. The average Bonchev–Trinajstić information content (AvgIpc) is 2.77. The maximum absolute atomic E-state index is 12.8. The first kappa shape index (κ1) is 25.5. The molecular formula is C22H43N5O2S. The number of likely N-dealkylation sites (N-methyl/N-ethyl adjacent to an activating group) is 2. The van der Waals surface area contributed by atoms with Crippen molar-refractivity contribution in [2.24, 2.45) is 5.92 Å². The van der Waals surface area contributed by atoms with Gasteiger partial charge in [0.25, 0.3) is 0 Å². The van der Waals surface area contributed by atoms with Crippen LogP contribution in [0, 0.1) is 5.92 Å². The van der Waals surface area contributed by atoms with Gasteiger partial charge in [0, 0.05) is 26.2 Å². The molecular weight excluding hydrogens is 398 g/mol. The van der Waals surface area contributed by atoms with E-state index in [2.05, 4.69) is 33.1 Å². The molecule has 0 bridgehead atoms. The van der Waals surface area contributed by atoms with Crippen LogP contribution in [0.2, 0.25) is 0 Å². The summed E-state index contributed by atoms with van der Waals surface area (Å²) in [6.45, 7) is 5.65. The highest BCUT2D eigenvalue weighted by atomic mass is 32.2. The number of carbonyl (C=O) groups excluding carboxylic acids is 1. The number of hydrogen-bond donors (Lipinski definition) is 4. The van der Waals surface area contributed by atoms with Gasteiger partial charge in [-0.3, -0.25) is 9.52 Å². The zero-order chi connectivity index (χ0) is 21.8. The van der Waals surface area contributed by atoms with Crippen molar-refractivity contribution in [3.05, 3.63) is 11.8 Å². The lowest BCUT2D eigenvalue weighted by atomic mass is 9.82. The second-order valence-corrected chi connectivity index (χ2v) is 8.99. The molecule has 7 nitrogen and oxygen atoms in total. The Morgan fingerprint density at radius 3 is 2.57 bits per heavy atom. The van der Waals surface area contributed by atoms with Gasteiger partial charge in [-0.1, -0.05) is 18.9 Å². The first-order chi connectivity index (χ1) is 14.6. The highest BCUT2D eigenvalue weighted by Gasteiger charge is 2.35. The quantitative estimate of drug-likeness (QED) is 0.344. The first-order valence-corrected chi connectivity index (χ1v) is 12.8. The summed E-state index contributed by atoms with van der Waals surface area (Å²) in [4.78, 5) is 14.8. The molecule has 0 aromatic heterocycles. The Morgan fingerprint density at radius 1 is 1.17 bits per heavy atom. The SMILES string of the molecule is CCNCC(=O)N1CCCC(NSC)C1COC1CCC(/C(=C/NC)CNC)CC1. The number of nitrogens with one attached hydrogen (secondary N) is 4. The number of amides is 1. The van der Waals surface area contributed by atoms with Gasteiger partial charge in [-0.05, 0) is 76.1 Å².